The lowest BCUT2D eigenvalue weighted by atomic mass is 10.0. The predicted molar refractivity (Wildman–Crippen MR) is 134 cm³/mol. The van der Waals surface area contributed by atoms with Crippen molar-refractivity contribution >= 4 is 11.8 Å². The zero-order valence-electron chi connectivity index (χ0n) is 20.1. The number of amides is 2. The van der Waals surface area contributed by atoms with Crippen molar-refractivity contribution in [3.8, 4) is 0 Å². The van der Waals surface area contributed by atoms with Crippen LogP contribution in [0.25, 0.3) is 0 Å². The quantitative estimate of drug-likeness (QED) is 0.450. The molecular formula is C29H33FN2O2. The average molecular weight is 461 g/mol. The summed E-state index contributed by atoms with van der Waals surface area (Å²) in [5, 5.41) is 3.06. The van der Waals surface area contributed by atoms with E-state index in [4.69, 9.17) is 0 Å². The van der Waals surface area contributed by atoms with E-state index in [1.165, 1.54) is 12.1 Å². The second-order valence-electron chi connectivity index (χ2n) is 8.84. The first-order valence-electron chi connectivity index (χ1n) is 11.8. The summed E-state index contributed by atoms with van der Waals surface area (Å²) in [6.45, 7) is 6.17. The van der Waals surface area contributed by atoms with Gasteiger partial charge in [-0.1, -0.05) is 79.2 Å². The van der Waals surface area contributed by atoms with Crippen LogP contribution in [0.5, 0.6) is 0 Å². The molecular weight excluding hydrogens is 427 g/mol. The van der Waals surface area contributed by atoms with Gasteiger partial charge < -0.3 is 10.2 Å². The first-order chi connectivity index (χ1) is 16.4. The van der Waals surface area contributed by atoms with Crippen molar-refractivity contribution < 1.29 is 14.0 Å². The van der Waals surface area contributed by atoms with E-state index in [1.807, 2.05) is 75.4 Å². The summed E-state index contributed by atoms with van der Waals surface area (Å²) in [5.74, 6) is -0.662. The van der Waals surface area contributed by atoms with Crippen LogP contribution < -0.4 is 5.32 Å². The lowest BCUT2D eigenvalue weighted by Crippen LogP contribution is -2.52. The second-order valence-corrected chi connectivity index (χ2v) is 8.84. The Hall–Kier alpha value is -3.47. The first kappa shape index (κ1) is 25.2. The molecule has 2 amide bonds. The minimum Gasteiger partial charge on any atom is -0.352 e. The molecule has 4 nitrogen and oxygen atoms in total. The highest BCUT2D eigenvalue weighted by Gasteiger charge is 2.31. The van der Waals surface area contributed by atoms with E-state index in [2.05, 4.69) is 5.32 Å². The molecule has 2 atom stereocenters. The Morgan fingerprint density at radius 1 is 0.912 bits per heavy atom. The zero-order chi connectivity index (χ0) is 24.5. The Morgan fingerprint density at radius 3 is 2.24 bits per heavy atom. The number of carbonyl (C=O) groups is 2. The highest BCUT2D eigenvalue weighted by molar-refractivity contribution is 5.89. The summed E-state index contributed by atoms with van der Waals surface area (Å²) in [7, 11) is 0. The van der Waals surface area contributed by atoms with Gasteiger partial charge >= 0.3 is 0 Å². The molecule has 0 aromatic heterocycles. The third kappa shape index (κ3) is 7.27. The average Bonchev–Trinajstić information content (AvgIpc) is 2.83. The van der Waals surface area contributed by atoms with Gasteiger partial charge in [0.25, 0.3) is 0 Å². The van der Waals surface area contributed by atoms with E-state index in [1.54, 1.807) is 17.0 Å². The number of rotatable bonds is 10. The number of nitrogens with one attached hydrogen (secondary N) is 1. The summed E-state index contributed by atoms with van der Waals surface area (Å²) >= 11 is 0. The third-order valence-corrected chi connectivity index (χ3v) is 5.98. The van der Waals surface area contributed by atoms with Gasteiger partial charge in [-0.3, -0.25) is 9.59 Å². The topological polar surface area (TPSA) is 49.4 Å². The van der Waals surface area contributed by atoms with Gasteiger partial charge in [0.2, 0.25) is 11.8 Å². The van der Waals surface area contributed by atoms with Gasteiger partial charge in [0.05, 0.1) is 6.42 Å². The van der Waals surface area contributed by atoms with Crippen molar-refractivity contribution in [2.24, 2.45) is 0 Å². The Kier molecular flexibility index (Phi) is 8.97. The van der Waals surface area contributed by atoms with E-state index in [9.17, 15) is 14.0 Å². The van der Waals surface area contributed by atoms with Gasteiger partial charge in [0.1, 0.15) is 11.9 Å². The highest BCUT2D eigenvalue weighted by atomic mass is 19.1. The van der Waals surface area contributed by atoms with Crippen LogP contribution in [0.15, 0.2) is 78.9 Å². The lowest BCUT2D eigenvalue weighted by Gasteiger charge is -2.32. The number of benzene rings is 3. The molecule has 0 saturated heterocycles. The smallest absolute Gasteiger partial charge is 0.243 e. The van der Waals surface area contributed by atoms with Crippen molar-refractivity contribution in [3.63, 3.8) is 0 Å². The van der Waals surface area contributed by atoms with Crippen LogP contribution in [0, 0.1) is 12.7 Å². The second kappa shape index (κ2) is 12.1. The molecule has 0 heterocycles. The standard InChI is InChI=1S/C29H33FN2O2/c1-4-22(3)31-29(34)27(18-23-10-6-5-7-11-23)32(20-24-13-15-26(30)16-14-24)28(33)19-25-12-8-9-21(2)17-25/h5-17,22,27H,4,18-20H2,1-3H3,(H,31,34)/t22-,27-/m0/s1. The maximum Gasteiger partial charge on any atom is 0.243 e. The molecule has 178 valence electrons. The molecule has 3 aromatic carbocycles. The number of hydrogen-bond donors (Lipinski definition) is 1. The van der Waals surface area contributed by atoms with Gasteiger partial charge in [0, 0.05) is 19.0 Å². The fourth-order valence-corrected chi connectivity index (χ4v) is 3.88. The third-order valence-electron chi connectivity index (χ3n) is 5.98. The summed E-state index contributed by atoms with van der Waals surface area (Å²) in [6, 6.07) is 22.9. The van der Waals surface area contributed by atoms with E-state index in [-0.39, 0.29) is 36.6 Å². The molecule has 0 saturated carbocycles. The van der Waals surface area contributed by atoms with E-state index >= 15 is 0 Å². The van der Waals surface area contributed by atoms with Gasteiger partial charge in [-0.05, 0) is 49.1 Å². The fraction of sp³-hybridized carbons (Fsp3) is 0.310. The Balaban J connectivity index is 1.96. The van der Waals surface area contributed by atoms with Crippen molar-refractivity contribution in [3.05, 3.63) is 107 Å². The molecule has 0 aliphatic carbocycles. The minimum atomic E-state index is -0.696. The molecule has 0 bridgehead atoms. The summed E-state index contributed by atoms with van der Waals surface area (Å²) in [4.78, 5) is 28.7. The number of aryl methyl sites for hydroxylation is 1. The molecule has 0 radical (unpaired) electrons. The van der Waals surface area contributed by atoms with Crippen LogP contribution in [0.1, 0.15) is 42.5 Å². The largest absolute Gasteiger partial charge is 0.352 e. The van der Waals surface area contributed by atoms with E-state index in [0.29, 0.717) is 6.42 Å². The van der Waals surface area contributed by atoms with Gasteiger partial charge in [-0.15, -0.1) is 0 Å². The fourth-order valence-electron chi connectivity index (χ4n) is 3.88. The van der Waals surface area contributed by atoms with Crippen molar-refractivity contribution in [2.75, 3.05) is 0 Å². The molecule has 0 unspecified atom stereocenters. The molecule has 0 aliphatic rings. The monoisotopic (exact) mass is 460 g/mol. The van der Waals surface area contributed by atoms with Gasteiger partial charge in [-0.25, -0.2) is 4.39 Å². The number of carbonyl (C=O) groups excluding carboxylic acids is 2. The SMILES string of the molecule is CC[C@H](C)NC(=O)[C@H](Cc1ccccc1)N(Cc1ccc(F)cc1)C(=O)Cc1cccc(C)c1. The lowest BCUT2D eigenvalue weighted by molar-refractivity contribution is -0.141. The molecule has 1 N–H and O–H groups in total. The molecule has 0 fully saturated rings. The van der Waals surface area contributed by atoms with Crippen LogP contribution in [0.3, 0.4) is 0 Å². The molecule has 34 heavy (non-hydrogen) atoms. The summed E-state index contributed by atoms with van der Waals surface area (Å²) in [6.07, 6.45) is 1.37. The Labute approximate surface area is 201 Å². The van der Waals surface area contributed by atoms with E-state index < -0.39 is 6.04 Å². The molecule has 0 spiro atoms. The number of nitrogens with zero attached hydrogens (tertiary/aromatic N) is 1. The summed E-state index contributed by atoms with van der Waals surface area (Å²) in [5.41, 5.74) is 3.72. The Morgan fingerprint density at radius 2 is 1.59 bits per heavy atom. The van der Waals surface area contributed by atoms with Gasteiger partial charge in [-0.2, -0.15) is 0 Å². The zero-order valence-corrected chi connectivity index (χ0v) is 20.1. The van der Waals surface area contributed by atoms with Crippen LogP contribution in [-0.2, 0) is 29.0 Å². The van der Waals surface area contributed by atoms with Crippen molar-refractivity contribution in [2.45, 2.75) is 58.7 Å². The predicted octanol–water partition coefficient (Wildman–Crippen LogP) is 5.23. The maximum atomic E-state index is 13.7. The normalized spacial score (nSPS) is 12.6. The number of halogens is 1. The van der Waals surface area contributed by atoms with Crippen molar-refractivity contribution in [1.29, 1.82) is 0 Å². The minimum absolute atomic E-state index is 0.00896. The van der Waals surface area contributed by atoms with E-state index in [0.717, 1.165) is 28.7 Å². The molecule has 3 rings (SSSR count). The van der Waals surface area contributed by atoms with Crippen LogP contribution in [0.2, 0.25) is 0 Å². The molecule has 0 aliphatic heterocycles. The molecule has 3 aromatic rings. The number of hydrogen-bond acceptors (Lipinski definition) is 2. The van der Waals surface area contributed by atoms with Crippen LogP contribution in [0.4, 0.5) is 4.39 Å². The van der Waals surface area contributed by atoms with Gasteiger partial charge in [0.15, 0.2) is 0 Å². The summed E-state index contributed by atoms with van der Waals surface area (Å²) < 4.78 is 13.5. The Bertz CT molecular complexity index is 1080. The highest BCUT2D eigenvalue weighted by Crippen LogP contribution is 2.18. The van der Waals surface area contributed by atoms with Crippen molar-refractivity contribution in [1.82, 2.24) is 10.2 Å². The van der Waals surface area contributed by atoms with Crippen LogP contribution >= 0.6 is 0 Å². The van der Waals surface area contributed by atoms with Crippen LogP contribution in [-0.4, -0.2) is 28.8 Å². The first-order valence-corrected chi connectivity index (χ1v) is 11.8. The molecule has 5 heteroatoms. The maximum absolute atomic E-state index is 13.7.